The van der Waals surface area contributed by atoms with Crippen LogP contribution in [0.4, 0.5) is 0 Å². The molecule has 1 heteroatoms. The van der Waals surface area contributed by atoms with E-state index in [-0.39, 0.29) is 0 Å². The fourth-order valence-corrected chi connectivity index (χ4v) is 1.30. The molecule has 0 amide bonds. The zero-order valence-corrected chi connectivity index (χ0v) is 7.18. The van der Waals surface area contributed by atoms with E-state index in [2.05, 4.69) is 20.8 Å². The van der Waals surface area contributed by atoms with Crippen molar-refractivity contribution in [1.29, 1.82) is 0 Å². The Morgan fingerprint density at radius 1 is 1.50 bits per heavy atom. The Labute approximate surface area is 63.8 Å². The largest absolute Gasteiger partial charge is 0.372 e. The third kappa shape index (κ3) is 1.98. The molecule has 1 fully saturated rings. The standard InChI is InChI=1S/C9H17O/c1-7(2)9-6-8(3)4-5-10-9/h7-8H,4-6H2,1-3H3. The van der Waals surface area contributed by atoms with Crippen molar-refractivity contribution in [1.82, 2.24) is 0 Å². The average molecular weight is 141 g/mol. The molecule has 0 spiro atoms. The van der Waals surface area contributed by atoms with Crippen molar-refractivity contribution in [2.45, 2.75) is 33.6 Å². The smallest absolute Gasteiger partial charge is 0.0998 e. The Morgan fingerprint density at radius 3 is 2.60 bits per heavy atom. The summed E-state index contributed by atoms with van der Waals surface area (Å²) in [6.07, 6.45) is 3.72. The van der Waals surface area contributed by atoms with Crippen LogP contribution in [0.1, 0.15) is 33.6 Å². The average Bonchev–Trinajstić information content (AvgIpc) is 1.88. The molecular weight excluding hydrogens is 124 g/mol. The van der Waals surface area contributed by atoms with Crippen molar-refractivity contribution in [3.8, 4) is 0 Å². The van der Waals surface area contributed by atoms with Crippen LogP contribution < -0.4 is 0 Å². The highest BCUT2D eigenvalue weighted by Gasteiger charge is 2.22. The minimum absolute atomic E-state index is 0.614. The van der Waals surface area contributed by atoms with Gasteiger partial charge in [-0.25, -0.2) is 0 Å². The molecule has 1 rings (SSSR count). The first kappa shape index (κ1) is 8.06. The SMILES string of the molecule is CC1CCO[C](C(C)C)C1. The summed E-state index contributed by atoms with van der Waals surface area (Å²) >= 11 is 0. The van der Waals surface area contributed by atoms with Gasteiger partial charge in [-0.15, -0.1) is 0 Å². The summed E-state index contributed by atoms with van der Waals surface area (Å²) in [5.74, 6) is 1.45. The highest BCUT2D eigenvalue weighted by Crippen LogP contribution is 2.29. The molecule has 0 aromatic heterocycles. The Morgan fingerprint density at radius 2 is 2.20 bits per heavy atom. The molecule has 1 atom stereocenters. The second-order valence-corrected chi connectivity index (χ2v) is 3.57. The fraction of sp³-hybridized carbons (Fsp3) is 0.889. The molecule has 0 aromatic carbocycles. The van der Waals surface area contributed by atoms with Gasteiger partial charge >= 0.3 is 0 Å². The molecule has 1 aliphatic heterocycles. The Balaban J connectivity index is 2.32. The molecule has 1 heterocycles. The first-order chi connectivity index (χ1) is 4.70. The summed E-state index contributed by atoms with van der Waals surface area (Å²) in [5.41, 5.74) is 0. The van der Waals surface area contributed by atoms with Gasteiger partial charge in [0.15, 0.2) is 0 Å². The van der Waals surface area contributed by atoms with Crippen molar-refractivity contribution in [2.24, 2.45) is 11.8 Å². The number of hydrogen-bond donors (Lipinski definition) is 0. The van der Waals surface area contributed by atoms with Gasteiger partial charge in [-0.1, -0.05) is 20.8 Å². The third-order valence-electron chi connectivity index (χ3n) is 2.09. The van der Waals surface area contributed by atoms with Crippen LogP contribution in [0, 0.1) is 17.9 Å². The normalized spacial score (nSPS) is 29.4. The van der Waals surface area contributed by atoms with E-state index in [4.69, 9.17) is 4.74 Å². The van der Waals surface area contributed by atoms with Gasteiger partial charge in [-0.2, -0.15) is 0 Å². The lowest BCUT2D eigenvalue weighted by Crippen LogP contribution is -2.21. The van der Waals surface area contributed by atoms with Crippen molar-refractivity contribution in [3.05, 3.63) is 6.10 Å². The van der Waals surface area contributed by atoms with Crippen molar-refractivity contribution >= 4 is 0 Å². The van der Waals surface area contributed by atoms with Gasteiger partial charge in [0.05, 0.1) is 6.10 Å². The zero-order chi connectivity index (χ0) is 7.56. The minimum atomic E-state index is 0.614. The van der Waals surface area contributed by atoms with Gasteiger partial charge in [-0.3, -0.25) is 0 Å². The van der Waals surface area contributed by atoms with E-state index in [1.54, 1.807) is 0 Å². The molecule has 0 aromatic rings. The maximum Gasteiger partial charge on any atom is 0.0998 e. The fourth-order valence-electron chi connectivity index (χ4n) is 1.30. The molecule has 59 valence electrons. The van der Waals surface area contributed by atoms with Crippen LogP contribution in [0.15, 0.2) is 0 Å². The molecule has 10 heavy (non-hydrogen) atoms. The molecule has 0 aliphatic carbocycles. The second-order valence-electron chi connectivity index (χ2n) is 3.57. The monoisotopic (exact) mass is 141 g/mol. The first-order valence-corrected chi connectivity index (χ1v) is 4.18. The van der Waals surface area contributed by atoms with Crippen molar-refractivity contribution in [3.63, 3.8) is 0 Å². The summed E-state index contributed by atoms with van der Waals surface area (Å²) in [6.45, 7) is 7.64. The Hall–Kier alpha value is -0.0400. The topological polar surface area (TPSA) is 9.23 Å². The predicted molar refractivity (Wildman–Crippen MR) is 42.4 cm³/mol. The van der Waals surface area contributed by atoms with E-state index in [9.17, 15) is 0 Å². The van der Waals surface area contributed by atoms with Gasteiger partial charge < -0.3 is 4.74 Å². The van der Waals surface area contributed by atoms with Gasteiger partial charge in [-0.05, 0) is 24.7 Å². The maximum atomic E-state index is 5.53. The maximum absolute atomic E-state index is 5.53. The molecule has 1 radical (unpaired) electrons. The Kier molecular flexibility index (Phi) is 2.72. The molecule has 1 saturated heterocycles. The van der Waals surface area contributed by atoms with Gasteiger partial charge in [0.1, 0.15) is 0 Å². The van der Waals surface area contributed by atoms with Crippen LogP contribution in [0.25, 0.3) is 0 Å². The number of hydrogen-bond acceptors (Lipinski definition) is 1. The summed E-state index contributed by atoms with van der Waals surface area (Å²) in [4.78, 5) is 0. The predicted octanol–water partition coefficient (Wildman–Crippen LogP) is 2.62. The van der Waals surface area contributed by atoms with Crippen LogP contribution in [-0.4, -0.2) is 6.61 Å². The van der Waals surface area contributed by atoms with Crippen LogP contribution in [0.3, 0.4) is 0 Å². The van der Waals surface area contributed by atoms with E-state index in [0.717, 1.165) is 12.5 Å². The molecule has 1 unspecified atom stereocenters. The quantitative estimate of drug-likeness (QED) is 0.545. The van der Waals surface area contributed by atoms with E-state index in [1.807, 2.05) is 0 Å². The van der Waals surface area contributed by atoms with Gasteiger partial charge in [0.25, 0.3) is 0 Å². The van der Waals surface area contributed by atoms with E-state index in [1.165, 1.54) is 18.9 Å². The van der Waals surface area contributed by atoms with Crippen molar-refractivity contribution < 1.29 is 4.74 Å². The molecule has 0 bridgehead atoms. The van der Waals surface area contributed by atoms with E-state index < -0.39 is 0 Å². The summed E-state index contributed by atoms with van der Waals surface area (Å²) < 4.78 is 5.53. The molecule has 1 nitrogen and oxygen atoms in total. The minimum Gasteiger partial charge on any atom is -0.372 e. The van der Waals surface area contributed by atoms with Crippen LogP contribution >= 0.6 is 0 Å². The van der Waals surface area contributed by atoms with Gasteiger partial charge in [0.2, 0.25) is 0 Å². The zero-order valence-electron chi connectivity index (χ0n) is 7.18. The van der Waals surface area contributed by atoms with E-state index >= 15 is 0 Å². The van der Waals surface area contributed by atoms with Crippen LogP contribution in [0.2, 0.25) is 0 Å². The summed E-state index contributed by atoms with van der Waals surface area (Å²) in [6, 6.07) is 0. The highest BCUT2D eigenvalue weighted by atomic mass is 16.5. The second kappa shape index (κ2) is 3.38. The lowest BCUT2D eigenvalue weighted by molar-refractivity contribution is 0.0510. The van der Waals surface area contributed by atoms with Crippen LogP contribution in [0.5, 0.6) is 0 Å². The first-order valence-electron chi connectivity index (χ1n) is 4.18. The molecular formula is C9H17O. The lowest BCUT2D eigenvalue weighted by atomic mass is 9.92. The summed E-state index contributed by atoms with van der Waals surface area (Å²) in [7, 11) is 0. The van der Waals surface area contributed by atoms with E-state index in [0.29, 0.717) is 5.92 Å². The highest BCUT2D eigenvalue weighted by molar-refractivity contribution is 4.87. The summed E-state index contributed by atoms with van der Waals surface area (Å²) in [5, 5.41) is 0. The van der Waals surface area contributed by atoms with Crippen molar-refractivity contribution in [2.75, 3.05) is 6.61 Å². The third-order valence-corrected chi connectivity index (χ3v) is 2.09. The number of rotatable bonds is 1. The van der Waals surface area contributed by atoms with Crippen LogP contribution in [-0.2, 0) is 4.74 Å². The molecule has 1 aliphatic rings. The number of ether oxygens (including phenoxy) is 1. The molecule has 0 saturated carbocycles. The Bertz CT molecular complexity index is 98.9. The lowest BCUT2D eigenvalue weighted by Gasteiger charge is -2.28. The molecule has 0 N–H and O–H groups in total. The van der Waals surface area contributed by atoms with Gasteiger partial charge in [0, 0.05) is 6.61 Å².